The molecule has 0 spiro atoms. The average molecular weight is 506 g/mol. The van der Waals surface area contributed by atoms with Crippen molar-refractivity contribution in [1.29, 1.82) is 0 Å². The highest BCUT2D eigenvalue weighted by Crippen LogP contribution is 2.38. The Morgan fingerprint density at radius 1 is 1.11 bits per heavy atom. The monoisotopic (exact) mass is 505 g/mol. The van der Waals surface area contributed by atoms with Gasteiger partial charge < -0.3 is 15.2 Å². The highest BCUT2D eigenvalue weighted by molar-refractivity contribution is 5.79. The van der Waals surface area contributed by atoms with E-state index in [-0.39, 0.29) is 24.2 Å². The number of imidazole rings is 1. The zero-order valence-electron chi connectivity index (χ0n) is 21.0. The minimum absolute atomic E-state index is 0.00794. The second-order valence-electron chi connectivity index (χ2n) is 9.51. The number of amides is 1. The number of nitrogens with zero attached hydrogens (tertiary/aromatic N) is 4. The predicted octanol–water partition coefficient (Wildman–Crippen LogP) is 5.26. The summed E-state index contributed by atoms with van der Waals surface area (Å²) < 4.78 is 51.1. The number of rotatable bonds is 3. The molecule has 4 rings (SSSR count). The van der Waals surface area contributed by atoms with Crippen LogP contribution in [0.25, 0.3) is 11.3 Å². The van der Waals surface area contributed by atoms with Gasteiger partial charge in [0.25, 0.3) is 0 Å². The quantitative estimate of drug-likeness (QED) is 0.493. The summed E-state index contributed by atoms with van der Waals surface area (Å²) in [6.07, 6.45) is -3.13. The Morgan fingerprint density at radius 2 is 1.75 bits per heavy atom. The van der Waals surface area contributed by atoms with Crippen molar-refractivity contribution in [2.45, 2.75) is 58.8 Å². The molecule has 1 aliphatic heterocycles. The van der Waals surface area contributed by atoms with E-state index in [0.29, 0.717) is 13.1 Å². The van der Waals surface area contributed by atoms with Crippen molar-refractivity contribution in [3.63, 3.8) is 0 Å². The highest BCUT2D eigenvalue weighted by atomic mass is 19.4. The molecular formula is C26H31F4N5O. The Balaban J connectivity index is 0.000000275. The third-order valence-electron chi connectivity index (χ3n) is 6.12. The maximum Gasteiger partial charge on any atom is 0.433 e. The minimum Gasteiger partial charge on any atom is -0.327 e. The lowest BCUT2D eigenvalue weighted by molar-refractivity contribution is -0.141. The predicted molar refractivity (Wildman–Crippen MR) is 129 cm³/mol. The zero-order chi connectivity index (χ0) is 26.8. The molecule has 1 aliphatic rings. The lowest BCUT2D eigenvalue weighted by Crippen LogP contribution is -2.53. The van der Waals surface area contributed by atoms with Gasteiger partial charge in [-0.05, 0) is 62.6 Å². The lowest BCUT2D eigenvalue weighted by Gasteiger charge is -2.42. The first-order valence-electron chi connectivity index (χ1n) is 11.6. The summed E-state index contributed by atoms with van der Waals surface area (Å²) in [6.45, 7) is 11.2. The van der Waals surface area contributed by atoms with E-state index in [9.17, 15) is 22.4 Å². The van der Waals surface area contributed by atoms with E-state index in [4.69, 9.17) is 10.7 Å². The Labute approximate surface area is 208 Å². The zero-order valence-corrected chi connectivity index (χ0v) is 21.0. The maximum atomic E-state index is 13.3. The Morgan fingerprint density at radius 3 is 2.25 bits per heavy atom. The van der Waals surface area contributed by atoms with E-state index < -0.39 is 17.4 Å². The van der Waals surface area contributed by atoms with E-state index in [1.165, 1.54) is 24.4 Å². The number of carbonyl (C=O) groups excluding carboxylic acids is 1. The number of pyridine rings is 1. The van der Waals surface area contributed by atoms with Crippen LogP contribution in [0.1, 0.15) is 56.4 Å². The SMILES string of the molecule is CC(C)c1c(-c2ccc(F)cc2)nc2n1CCN(C(=O)CN)C2(C)C.Cc1ccc(C(F)(F)F)nc1. The molecule has 0 saturated carbocycles. The fourth-order valence-corrected chi connectivity index (χ4v) is 4.35. The molecule has 0 atom stereocenters. The molecule has 0 unspecified atom stereocenters. The van der Waals surface area contributed by atoms with Gasteiger partial charge in [0.15, 0.2) is 0 Å². The molecule has 3 aromatic rings. The van der Waals surface area contributed by atoms with Gasteiger partial charge in [0.2, 0.25) is 5.91 Å². The molecule has 0 fully saturated rings. The van der Waals surface area contributed by atoms with Crippen molar-refractivity contribution in [3.8, 4) is 11.3 Å². The third-order valence-corrected chi connectivity index (χ3v) is 6.12. The number of benzene rings is 1. The van der Waals surface area contributed by atoms with Crippen LogP contribution >= 0.6 is 0 Å². The first-order chi connectivity index (χ1) is 16.8. The second kappa shape index (κ2) is 10.4. The molecule has 10 heteroatoms. The van der Waals surface area contributed by atoms with Crippen molar-refractivity contribution < 1.29 is 22.4 Å². The van der Waals surface area contributed by atoms with Crippen molar-refractivity contribution in [2.75, 3.05) is 13.1 Å². The van der Waals surface area contributed by atoms with Crippen LogP contribution in [0.5, 0.6) is 0 Å². The third kappa shape index (κ3) is 5.59. The average Bonchev–Trinajstić information content (AvgIpc) is 3.20. The number of nitrogens with two attached hydrogens (primary N) is 1. The van der Waals surface area contributed by atoms with Gasteiger partial charge >= 0.3 is 6.18 Å². The minimum atomic E-state index is -4.33. The number of aryl methyl sites for hydroxylation is 1. The first-order valence-corrected chi connectivity index (χ1v) is 11.6. The number of alkyl halides is 3. The molecule has 6 nitrogen and oxygen atoms in total. The molecule has 0 bridgehead atoms. The standard InChI is InChI=1S/C19H25FN4O.C7H6F3N/c1-12(2)17-16(13-5-7-14(20)8-6-13)22-18-19(3,4)24(15(25)11-21)10-9-23(17)18;1-5-2-3-6(11-4-5)7(8,9)10/h5-8,12H,9-11,21H2,1-4H3;2-4H,1H3. The molecule has 2 N–H and O–H groups in total. The van der Waals surface area contributed by atoms with E-state index in [2.05, 4.69) is 23.4 Å². The summed E-state index contributed by atoms with van der Waals surface area (Å²) in [5.74, 6) is 0.769. The van der Waals surface area contributed by atoms with E-state index in [1.54, 1.807) is 24.0 Å². The van der Waals surface area contributed by atoms with Crippen LogP contribution in [-0.2, 0) is 23.1 Å². The molecule has 194 valence electrons. The summed E-state index contributed by atoms with van der Waals surface area (Å²) >= 11 is 0. The summed E-state index contributed by atoms with van der Waals surface area (Å²) in [7, 11) is 0. The van der Waals surface area contributed by atoms with Crippen molar-refractivity contribution >= 4 is 5.91 Å². The van der Waals surface area contributed by atoms with Gasteiger partial charge in [0, 0.05) is 30.5 Å². The first kappa shape index (κ1) is 27.3. The van der Waals surface area contributed by atoms with Crippen LogP contribution in [-0.4, -0.2) is 38.4 Å². The van der Waals surface area contributed by atoms with Crippen molar-refractivity contribution in [3.05, 3.63) is 71.2 Å². The topological polar surface area (TPSA) is 77.0 Å². The van der Waals surface area contributed by atoms with Crippen LogP contribution < -0.4 is 5.73 Å². The number of carbonyl (C=O) groups is 1. The molecule has 3 heterocycles. The molecule has 1 amide bonds. The van der Waals surface area contributed by atoms with Gasteiger partial charge in [0.1, 0.15) is 17.3 Å². The van der Waals surface area contributed by atoms with Gasteiger partial charge in [-0.1, -0.05) is 19.9 Å². The summed E-state index contributed by atoms with van der Waals surface area (Å²) in [5.41, 5.74) is 7.78. The Bertz CT molecular complexity index is 1200. The van der Waals surface area contributed by atoms with Gasteiger partial charge in [-0.25, -0.2) is 9.37 Å². The van der Waals surface area contributed by atoms with E-state index in [0.717, 1.165) is 34.4 Å². The van der Waals surface area contributed by atoms with Crippen molar-refractivity contribution in [2.24, 2.45) is 5.73 Å². The van der Waals surface area contributed by atoms with Crippen molar-refractivity contribution in [1.82, 2.24) is 19.4 Å². The molecule has 2 aromatic heterocycles. The van der Waals surface area contributed by atoms with Crippen LogP contribution in [0.3, 0.4) is 0 Å². The van der Waals surface area contributed by atoms with Gasteiger partial charge in [-0.15, -0.1) is 0 Å². The van der Waals surface area contributed by atoms with Crippen LogP contribution in [0.15, 0.2) is 42.6 Å². The Hall–Kier alpha value is -3.27. The summed E-state index contributed by atoms with van der Waals surface area (Å²) in [6, 6.07) is 8.77. The van der Waals surface area contributed by atoms with Gasteiger partial charge in [-0.2, -0.15) is 13.2 Å². The summed E-state index contributed by atoms with van der Waals surface area (Å²) in [4.78, 5) is 22.2. The van der Waals surface area contributed by atoms with Gasteiger partial charge in [0.05, 0.1) is 17.8 Å². The molecule has 36 heavy (non-hydrogen) atoms. The lowest BCUT2D eigenvalue weighted by atomic mass is 9.98. The van der Waals surface area contributed by atoms with Crippen LogP contribution in [0.2, 0.25) is 0 Å². The molecule has 1 aromatic carbocycles. The van der Waals surface area contributed by atoms with Gasteiger partial charge in [-0.3, -0.25) is 9.78 Å². The molecule has 0 radical (unpaired) electrons. The summed E-state index contributed by atoms with van der Waals surface area (Å²) in [5, 5.41) is 0. The van der Waals surface area contributed by atoms with E-state index >= 15 is 0 Å². The Kier molecular flexibility index (Phi) is 7.88. The second-order valence-corrected chi connectivity index (χ2v) is 9.51. The molecule has 0 aliphatic carbocycles. The van der Waals surface area contributed by atoms with Crippen LogP contribution in [0.4, 0.5) is 17.6 Å². The molecular weight excluding hydrogens is 474 g/mol. The van der Waals surface area contributed by atoms with Crippen LogP contribution in [0, 0.1) is 12.7 Å². The fourth-order valence-electron chi connectivity index (χ4n) is 4.35. The normalized spacial score (nSPS) is 14.8. The molecule has 0 saturated heterocycles. The highest BCUT2D eigenvalue weighted by Gasteiger charge is 2.41. The smallest absolute Gasteiger partial charge is 0.327 e. The van der Waals surface area contributed by atoms with E-state index in [1.807, 2.05) is 13.8 Å². The number of hydrogen-bond acceptors (Lipinski definition) is 4. The number of fused-ring (bicyclic) bond motifs is 1. The number of halogens is 4. The fraction of sp³-hybridized carbons (Fsp3) is 0.423. The number of aromatic nitrogens is 3. The maximum absolute atomic E-state index is 13.3. The number of hydrogen-bond donors (Lipinski definition) is 1. The largest absolute Gasteiger partial charge is 0.433 e.